The van der Waals surface area contributed by atoms with E-state index in [1.165, 1.54) is 17.2 Å². The van der Waals surface area contributed by atoms with Crippen LogP contribution in [-0.2, 0) is 13.8 Å². The van der Waals surface area contributed by atoms with Crippen LogP contribution in [0, 0.1) is 5.92 Å². The Bertz CT molecular complexity index is 620. The van der Waals surface area contributed by atoms with E-state index in [9.17, 15) is 13.2 Å². The Hall–Kier alpha value is -0.560. The summed E-state index contributed by atoms with van der Waals surface area (Å²) in [6.07, 6.45) is 1.48. The van der Waals surface area contributed by atoms with E-state index in [4.69, 9.17) is 33.9 Å². The molecule has 1 aliphatic rings. The van der Waals surface area contributed by atoms with Crippen molar-refractivity contribution in [1.29, 1.82) is 0 Å². The maximum atomic E-state index is 11.9. The minimum absolute atomic E-state index is 0.104. The van der Waals surface area contributed by atoms with Crippen molar-refractivity contribution in [2.24, 2.45) is 5.92 Å². The van der Waals surface area contributed by atoms with E-state index in [0.717, 1.165) is 0 Å². The van der Waals surface area contributed by atoms with Crippen molar-refractivity contribution in [1.82, 2.24) is 4.98 Å². The van der Waals surface area contributed by atoms with Crippen molar-refractivity contribution < 1.29 is 13.2 Å². The number of aromatic nitrogens is 1. The second-order valence-electron chi connectivity index (χ2n) is 4.24. The quantitative estimate of drug-likeness (QED) is 0.790. The molecule has 104 valence electrons. The second kappa shape index (κ2) is 5.44. The van der Waals surface area contributed by atoms with Gasteiger partial charge in [-0.05, 0) is 6.07 Å². The molecule has 0 aromatic carbocycles. The molecule has 1 fully saturated rings. The third-order valence-electron chi connectivity index (χ3n) is 2.68. The van der Waals surface area contributed by atoms with Crippen molar-refractivity contribution in [2.45, 2.75) is 6.42 Å². The van der Waals surface area contributed by atoms with Crippen molar-refractivity contribution in [3.05, 3.63) is 22.3 Å². The first-order valence-corrected chi connectivity index (χ1v) is 8.53. The Kier molecular flexibility index (Phi) is 4.25. The van der Waals surface area contributed by atoms with Crippen LogP contribution >= 0.6 is 33.9 Å². The lowest BCUT2D eigenvalue weighted by Crippen LogP contribution is -2.26. The fraction of sp³-hybridized carbons (Fsp3) is 0.400. The summed E-state index contributed by atoms with van der Waals surface area (Å²) in [5, 5.41) is 0.607. The molecular formula is C10H9Cl3N2O3S. The molecule has 1 amide bonds. The zero-order chi connectivity index (χ0) is 14.2. The molecule has 1 atom stereocenters. The molecule has 0 spiro atoms. The highest BCUT2D eigenvalue weighted by Crippen LogP contribution is 2.31. The molecule has 1 aromatic rings. The number of carbonyl (C=O) groups excluding carboxylic acids is 1. The molecule has 5 nitrogen and oxygen atoms in total. The molecule has 0 saturated carbocycles. The molecule has 1 aromatic heterocycles. The molecule has 1 aliphatic heterocycles. The summed E-state index contributed by atoms with van der Waals surface area (Å²) in [7, 11) is 1.56. The highest BCUT2D eigenvalue weighted by Gasteiger charge is 2.34. The minimum Gasteiger partial charge on any atom is -0.295 e. The van der Waals surface area contributed by atoms with Gasteiger partial charge in [0.25, 0.3) is 0 Å². The molecule has 0 bridgehead atoms. The van der Waals surface area contributed by atoms with Crippen molar-refractivity contribution >= 4 is 54.7 Å². The van der Waals surface area contributed by atoms with Gasteiger partial charge < -0.3 is 0 Å². The molecule has 0 aliphatic carbocycles. The summed E-state index contributed by atoms with van der Waals surface area (Å²) in [6, 6.07) is 1.48. The Labute approximate surface area is 124 Å². The second-order valence-corrected chi connectivity index (χ2v) is 7.90. The van der Waals surface area contributed by atoms with Gasteiger partial charge in [-0.1, -0.05) is 23.2 Å². The van der Waals surface area contributed by atoms with E-state index in [1.807, 2.05) is 0 Å². The van der Waals surface area contributed by atoms with Crippen molar-refractivity contribution in [3.63, 3.8) is 0 Å². The Morgan fingerprint density at radius 3 is 2.68 bits per heavy atom. The highest BCUT2D eigenvalue weighted by atomic mass is 35.7. The number of amides is 1. The lowest BCUT2D eigenvalue weighted by molar-refractivity contribution is -0.117. The number of hydrogen-bond donors (Lipinski definition) is 0. The van der Waals surface area contributed by atoms with Crippen LogP contribution in [0.25, 0.3) is 0 Å². The predicted octanol–water partition coefficient (Wildman–Crippen LogP) is 2.31. The SMILES string of the molecule is O=C1CC(CS(=O)(=O)Cl)CN1c1ncc(Cl)cc1Cl. The number of anilines is 1. The third kappa shape index (κ3) is 3.72. The molecule has 1 saturated heterocycles. The maximum Gasteiger partial charge on any atom is 0.232 e. The number of pyridine rings is 1. The topological polar surface area (TPSA) is 67.3 Å². The number of carbonyl (C=O) groups is 1. The van der Waals surface area contributed by atoms with E-state index in [1.54, 1.807) is 0 Å². The number of hydrogen-bond acceptors (Lipinski definition) is 4. The molecular weight excluding hydrogens is 335 g/mol. The molecule has 2 rings (SSSR count). The van der Waals surface area contributed by atoms with Crippen molar-refractivity contribution in [2.75, 3.05) is 17.2 Å². The molecule has 0 N–H and O–H groups in total. The van der Waals surface area contributed by atoms with Crippen LogP contribution in [0.5, 0.6) is 0 Å². The summed E-state index contributed by atoms with van der Waals surface area (Å²) in [4.78, 5) is 17.2. The van der Waals surface area contributed by atoms with Crippen LogP contribution in [0.2, 0.25) is 10.0 Å². The normalized spacial score (nSPS) is 20.1. The summed E-state index contributed by atoms with van der Waals surface area (Å²) in [5.41, 5.74) is 0. The van der Waals surface area contributed by atoms with Gasteiger partial charge in [0, 0.05) is 35.8 Å². The zero-order valence-corrected chi connectivity index (χ0v) is 12.6. The van der Waals surface area contributed by atoms with Crippen LogP contribution in [0.15, 0.2) is 12.3 Å². The van der Waals surface area contributed by atoms with E-state index < -0.39 is 9.05 Å². The van der Waals surface area contributed by atoms with Gasteiger partial charge in [-0.3, -0.25) is 9.69 Å². The molecule has 2 heterocycles. The van der Waals surface area contributed by atoms with Gasteiger partial charge in [-0.2, -0.15) is 0 Å². The van der Waals surface area contributed by atoms with E-state index >= 15 is 0 Å². The van der Waals surface area contributed by atoms with Crippen LogP contribution in [0.3, 0.4) is 0 Å². The highest BCUT2D eigenvalue weighted by molar-refractivity contribution is 8.13. The van der Waals surface area contributed by atoms with Crippen LogP contribution in [-0.4, -0.2) is 31.6 Å². The predicted molar refractivity (Wildman–Crippen MR) is 74.4 cm³/mol. The largest absolute Gasteiger partial charge is 0.295 e. The summed E-state index contributed by atoms with van der Waals surface area (Å²) >= 11 is 11.7. The fourth-order valence-corrected chi connectivity index (χ4v) is 3.79. The van der Waals surface area contributed by atoms with E-state index in [-0.39, 0.29) is 41.4 Å². The fourth-order valence-electron chi connectivity index (χ4n) is 1.99. The van der Waals surface area contributed by atoms with Crippen molar-refractivity contribution in [3.8, 4) is 0 Å². The molecule has 0 radical (unpaired) electrons. The van der Waals surface area contributed by atoms with Gasteiger partial charge in [0.1, 0.15) is 0 Å². The van der Waals surface area contributed by atoms with Gasteiger partial charge in [0.05, 0.1) is 15.8 Å². The number of rotatable bonds is 3. The third-order valence-corrected chi connectivity index (χ3v) is 4.42. The maximum absolute atomic E-state index is 11.9. The lowest BCUT2D eigenvalue weighted by atomic mass is 10.1. The number of halogens is 3. The summed E-state index contributed by atoms with van der Waals surface area (Å²) in [5.74, 6) is -0.557. The monoisotopic (exact) mass is 342 g/mol. The molecule has 1 unspecified atom stereocenters. The smallest absolute Gasteiger partial charge is 0.232 e. The Morgan fingerprint density at radius 2 is 2.11 bits per heavy atom. The first-order valence-electron chi connectivity index (χ1n) is 5.30. The molecule has 9 heteroatoms. The van der Waals surface area contributed by atoms with Gasteiger partial charge in [-0.15, -0.1) is 0 Å². The zero-order valence-electron chi connectivity index (χ0n) is 9.51. The summed E-state index contributed by atoms with van der Waals surface area (Å²) < 4.78 is 22.1. The lowest BCUT2D eigenvalue weighted by Gasteiger charge is -2.16. The Balaban J connectivity index is 2.20. The van der Waals surface area contributed by atoms with Crippen LogP contribution in [0.4, 0.5) is 5.82 Å². The number of nitrogens with zero attached hydrogens (tertiary/aromatic N) is 2. The standard InChI is InChI=1S/C10H9Cl3N2O3S/c11-7-2-8(12)10(14-3-7)15-4-6(1-9(15)16)5-19(13,17)18/h2-3,6H,1,4-5H2. The van der Waals surface area contributed by atoms with Gasteiger partial charge in [0.15, 0.2) is 5.82 Å². The van der Waals surface area contributed by atoms with Gasteiger partial charge in [0.2, 0.25) is 15.0 Å². The Morgan fingerprint density at radius 1 is 1.42 bits per heavy atom. The van der Waals surface area contributed by atoms with Crippen LogP contribution in [0.1, 0.15) is 6.42 Å². The van der Waals surface area contributed by atoms with Gasteiger partial charge in [-0.25, -0.2) is 13.4 Å². The van der Waals surface area contributed by atoms with E-state index in [2.05, 4.69) is 4.98 Å². The molecule has 19 heavy (non-hydrogen) atoms. The van der Waals surface area contributed by atoms with Crippen LogP contribution < -0.4 is 4.90 Å². The first-order chi connectivity index (χ1) is 8.76. The average molecular weight is 344 g/mol. The average Bonchev–Trinajstić information content (AvgIpc) is 2.56. The minimum atomic E-state index is -3.63. The van der Waals surface area contributed by atoms with Gasteiger partial charge >= 0.3 is 0 Å². The first kappa shape index (κ1) is 14.8. The summed E-state index contributed by atoms with van der Waals surface area (Å²) in [6.45, 7) is 0.221. The van der Waals surface area contributed by atoms with E-state index in [0.29, 0.717) is 5.02 Å².